The highest BCUT2D eigenvalue weighted by molar-refractivity contribution is 5.89. The number of urea groups is 1. The molecule has 0 aromatic heterocycles. The first-order valence-corrected chi connectivity index (χ1v) is 12.7. The fourth-order valence-electron chi connectivity index (χ4n) is 4.93. The van der Waals surface area contributed by atoms with Gasteiger partial charge in [-0.1, -0.05) is 61.1 Å². The zero-order valence-corrected chi connectivity index (χ0v) is 21.3. The SMILES string of the molecule is CC1CC=CC=C1CC1(NC(=O)OCc2ccccc2)CCCN(C(=O)Nc2ccc(C(F)(F)F)cc2)C1. The van der Waals surface area contributed by atoms with Gasteiger partial charge in [-0.05, 0) is 61.4 Å². The second kappa shape index (κ2) is 11.8. The first-order valence-electron chi connectivity index (χ1n) is 12.7. The maximum absolute atomic E-state index is 13.1. The number of hydrogen-bond acceptors (Lipinski definition) is 3. The van der Waals surface area contributed by atoms with E-state index in [1.807, 2.05) is 36.4 Å². The van der Waals surface area contributed by atoms with Crippen molar-refractivity contribution in [1.82, 2.24) is 10.2 Å². The van der Waals surface area contributed by atoms with Crippen molar-refractivity contribution < 1.29 is 27.5 Å². The lowest BCUT2D eigenvalue weighted by atomic mass is 9.78. The molecule has 4 rings (SSSR count). The minimum absolute atomic E-state index is 0.128. The third-order valence-corrected chi connectivity index (χ3v) is 7.02. The summed E-state index contributed by atoms with van der Waals surface area (Å²) >= 11 is 0. The summed E-state index contributed by atoms with van der Waals surface area (Å²) in [5.74, 6) is 0.301. The van der Waals surface area contributed by atoms with E-state index in [0.717, 1.165) is 24.1 Å². The Morgan fingerprint density at radius 2 is 1.84 bits per heavy atom. The molecular formula is C29H32F3N3O3. The molecule has 38 heavy (non-hydrogen) atoms. The molecule has 2 aromatic rings. The first kappa shape index (κ1) is 27.3. The van der Waals surface area contributed by atoms with E-state index >= 15 is 0 Å². The molecule has 2 N–H and O–H groups in total. The number of rotatable bonds is 6. The zero-order chi connectivity index (χ0) is 27.2. The summed E-state index contributed by atoms with van der Waals surface area (Å²) in [5.41, 5.74) is 0.791. The molecule has 3 amide bonds. The number of piperidine rings is 1. The van der Waals surface area contributed by atoms with Crippen molar-refractivity contribution in [2.24, 2.45) is 5.92 Å². The number of amides is 3. The van der Waals surface area contributed by atoms with Gasteiger partial charge in [-0.15, -0.1) is 0 Å². The Kier molecular flexibility index (Phi) is 8.44. The number of allylic oxidation sites excluding steroid dienone is 3. The van der Waals surface area contributed by atoms with Gasteiger partial charge in [0.25, 0.3) is 0 Å². The van der Waals surface area contributed by atoms with E-state index in [-0.39, 0.29) is 18.8 Å². The zero-order valence-electron chi connectivity index (χ0n) is 21.3. The smallest absolute Gasteiger partial charge is 0.416 e. The van der Waals surface area contributed by atoms with Crippen LogP contribution in [-0.4, -0.2) is 35.7 Å². The fraction of sp³-hybridized carbons (Fsp3) is 0.379. The number of ether oxygens (including phenoxy) is 1. The molecule has 1 aliphatic heterocycles. The molecule has 0 saturated carbocycles. The largest absolute Gasteiger partial charge is 0.445 e. The summed E-state index contributed by atoms with van der Waals surface area (Å²) in [6.07, 6.45) is 3.94. The van der Waals surface area contributed by atoms with Gasteiger partial charge in [-0.3, -0.25) is 0 Å². The Hall–Kier alpha value is -3.75. The molecule has 1 fully saturated rings. The topological polar surface area (TPSA) is 70.7 Å². The molecule has 2 atom stereocenters. The van der Waals surface area contributed by atoms with Crippen molar-refractivity contribution in [2.45, 2.75) is 50.9 Å². The van der Waals surface area contributed by atoms with Crippen molar-refractivity contribution in [3.8, 4) is 0 Å². The number of hydrogen-bond donors (Lipinski definition) is 2. The van der Waals surface area contributed by atoms with E-state index in [1.54, 1.807) is 4.90 Å². The third kappa shape index (κ3) is 7.18. The highest BCUT2D eigenvalue weighted by Gasteiger charge is 2.40. The van der Waals surface area contributed by atoms with Crippen LogP contribution in [0.15, 0.2) is 78.4 Å². The van der Waals surface area contributed by atoms with Crippen LogP contribution >= 0.6 is 0 Å². The Morgan fingerprint density at radius 1 is 1.11 bits per heavy atom. The number of carbonyl (C=O) groups is 2. The molecule has 1 aliphatic carbocycles. The molecule has 6 nitrogen and oxygen atoms in total. The third-order valence-electron chi connectivity index (χ3n) is 7.02. The van der Waals surface area contributed by atoms with Gasteiger partial charge in [-0.2, -0.15) is 13.2 Å². The van der Waals surface area contributed by atoms with E-state index < -0.39 is 29.4 Å². The number of likely N-dealkylation sites (tertiary alicyclic amines) is 1. The summed E-state index contributed by atoms with van der Waals surface area (Å²) in [5, 5.41) is 5.76. The van der Waals surface area contributed by atoms with E-state index in [2.05, 4.69) is 29.7 Å². The normalized spacial score (nSPS) is 21.4. The van der Waals surface area contributed by atoms with Crippen molar-refractivity contribution >= 4 is 17.8 Å². The van der Waals surface area contributed by atoms with Crippen LogP contribution in [0.25, 0.3) is 0 Å². The van der Waals surface area contributed by atoms with Gasteiger partial charge >= 0.3 is 18.3 Å². The van der Waals surface area contributed by atoms with E-state index in [0.29, 0.717) is 31.7 Å². The van der Waals surface area contributed by atoms with Crippen LogP contribution in [-0.2, 0) is 17.5 Å². The summed E-state index contributed by atoms with van der Waals surface area (Å²) < 4.78 is 44.2. The minimum atomic E-state index is -4.45. The predicted molar refractivity (Wildman–Crippen MR) is 139 cm³/mol. The van der Waals surface area contributed by atoms with Crippen molar-refractivity contribution in [3.63, 3.8) is 0 Å². The van der Waals surface area contributed by atoms with Crippen molar-refractivity contribution in [2.75, 3.05) is 18.4 Å². The molecule has 2 aliphatic rings. The van der Waals surface area contributed by atoms with Gasteiger partial charge < -0.3 is 20.3 Å². The summed E-state index contributed by atoms with van der Waals surface area (Å²) in [6, 6.07) is 13.3. The van der Waals surface area contributed by atoms with E-state index in [1.165, 1.54) is 17.7 Å². The van der Waals surface area contributed by atoms with Crippen molar-refractivity contribution in [1.29, 1.82) is 0 Å². The number of anilines is 1. The highest BCUT2D eigenvalue weighted by Crippen LogP contribution is 2.34. The summed E-state index contributed by atoms with van der Waals surface area (Å²) in [4.78, 5) is 27.6. The average Bonchev–Trinajstić information content (AvgIpc) is 2.89. The second-order valence-corrected chi connectivity index (χ2v) is 9.98. The van der Waals surface area contributed by atoms with Crippen molar-refractivity contribution in [3.05, 3.63) is 89.5 Å². The Labute approximate surface area is 220 Å². The quantitative estimate of drug-likeness (QED) is 0.429. The lowest BCUT2D eigenvalue weighted by molar-refractivity contribution is -0.137. The van der Waals surface area contributed by atoms with Crippen LogP contribution in [0.4, 0.5) is 28.4 Å². The molecule has 2 unspecified atom stereocenters. The number of halogens is 3. The van der Waals surface area contributed by atoms with E-state index in [9.17, 15) is 22.8 Å². The number of alkyl carbamates (subject to hydrolysis) is 1. The maximum Gasteiger partial charge on any atom is 0.416 e. The first-order chi connectivity index (χ1) is 18.1. The molecular weight excluding hydrogens is 495 g/mol. The Morgan fingerprint density at radius 3 is 2.53 bits per heavy atom. The number of benzene rings is 2. The lowest BCUT2D eigenvalue weighted by Crippen LogP contribution is -2.60. The molecule has 0 spiro atoms. The van der Waals surface area contributed by atoms with Gasteiger partial charge in [0.1, 0.15) is 6.61 Å². The minimum Gasteiger partial charge on any atom is -0.445 e. The summed E-state index contributed by atoms with van der Waals surface area (Å²) in [6.45, 7) is 2.97. The number of nitrogens with one attached hydrogen (secondary N) is 2. The van der Waals surface area contributed by atoms with Crippen LogP contribution in [0.2, 0.25) is 0 Å². The molecule has 1 heterocycles. The maximum atomic E-state index is 13.1. The van der Waals surface area contributed by atoms with Crippen LogP contribution in [0.1, 0.15) is 43.7 Å². The van der Waals surface area contributed by atoms with Gasteiger partial charge in [0.15, 0.2) is 0 Å². The average molecular weight is 528 g/mol. The fourth-order valence-corrected chi connectivity index (χ4v) is 4.93. The van der Waals surface area contributed by atoms with Crippen LogP contribution < -0.4 is 10.6 Å². The van der Waals surface area contributed by atoms with Gasteiger partial charge in [-0.25, -0.2) is 9.59 Å². The Bertz CT molecular complexity index is 1180. The van der Waals surface area contributed by atoms with Crippen LogP contribution in [0.5, 0.6) is 0 Å². The second-order valence-electron chi connectivity index (χ2n) is 9.98. The predicted octanol–water partition coefficient (Wildman–Crippen LogP) is 6.91. The molecule has 2 aromatic carbocycles. The monoisotopic (exact) mass is 527 g/mol. The highest BCUT2D eigenvalue weighted by atomic mass is 19.4. The van der Waals surface area contributed by atoms with Crippen LogP contribution in [0, 0.1) is 5.92 Å². The Balaban J connectivity index is 1.47. The van der Waals surface area contributed by atoms with Gasteiger partial charge in [0, 0.05) is 18.8 Å². The lowest BCUT2D eigenvalue weighted by Gasteiger charge is -2.44. The van der Waals surface area contributed by atoms with Gasteiger partial charge in [0.2, 0.25) is 0 Å². The number of alkyl halides is 3. The molecule has 1 saturated heterocycles. The molecule has 9 heteroatoms. The number of carbonyl (C=O) groups excluding carboxylic acids is 2. The van der Waals surface area contributed by atoms with Gasteiger partial charge in [0.05, 0.1) is 11.1 Å². The van der Waals surface area contributed by atoms with Crippen LogP contribution in [0.3, 0.4) is 0 Å². The number of nitrogens with zero attached hydrogens (tertiary/aromatic N) is 1. The molecule has 202 valence electrons. The van der Waals surface area contributed by atoms with E-state index in [4.69, 9.17) is 4.74 Å². The molecule has 0 radical (unpaired) electrons. The standard InChI is InChI=1S/C29H32F3N3O3/c1-21-8-5-6-11-23(21)18-28(34-27(37)38-19-22-9-3-2-4-10-22)16-7-17-35(20-28)26(36)33-25-14-12-24(13-15-25)29(30,31)32/h2-6,9-15,21H,7-8,16-20H2,1H3,(H,33,36)(H,34,37). The summed E-state index contributed by atoms with van der Waals surface area (Å²) in [7, 11) is 0. The molecule has 0 bridgehead atoms.